The fourth-order valence-electron chi connectivity index (χ4n) is 1.47. The van der Waals surface area contributed by atoms with Gasteiger partial charge in [0.25, 0.3) is 0 Å². The first kappa shape index (κ1) is 15.2. The predicted octanol–water partition coefficient (Wildman–Crippen LogP) is 2.69. The molecule has 0 aliphatic rings. The maximum absolute atomic E-state index is 12.4. The first-order valence-electron chi connectivity index (χ1n) is 5.70. The van der Waals surface area contributed by atoms with Gasteiger partial charge >= 0.3 is 12.5 Å². The van der Waals surface area contributed by atoms with Gasteiger partial charge in [0.15, 0.2) is 10.9 Å². The molecule has 0 amide bonds. The third kappa shape index (κ3) is 3.66. The van der Waals surface area contributed by atoms with Gasteiger partial charge in [-0.05, 0) is 12.1 Å². The Balaban J connectivity index is 2.09. The molecule has 2 rings (SSSR count). The molecule has 112 valence electrons. The fourth-order valence-corrected chi connectivity index (χ4v) is 1.63. The molecule has 0 aliphatic carbocycles. The highest BCUT2D eigenvalue weighted by Gasteiger charge is 2.12. The van der Waals surface area contributed by atoms with Gasteiger partial charge in [0.1, 0.15) is 12.3 Å². The van der Waals surface area contributed by atoms with Gasteiger partial charge in [-0.1, -0.05) is 11.6 Å². The zero-order chi connectivity index (χ0) is 15.4. The lowest BCUT2D eigenvalue weighted by Gasteiger charge is -2.07. The summed E-state index contributed by atoms with van der Waals surface area (Å²) in [6.45, 7) is -2.81. The molecule has 0 bridgehead atoms. The van der Waals surface area contributed by atoms with E-state index < -0.39 is 12.5 Å². The van der Waals surface area contributed by atoms with Crippen LogP contribution in [0.3, 0.4) is 0 Å². The molecule has 0 atom stereocenters. The number of pyridine rings is 1. The van der Waals surface area contributed by atoms with Crippen molar-refractivity contribution in [2.45, 2.75) is 13.2 Å². The summed E-state index contributed by atoms with van der Waals surface area (Å²) in [5, 5.41) is 3.65. The molecule has 2 heterocycles. The summed E-state index contributed by atoms with van der Waals surface area (Å²) >= 11 is 5.83. The summed E-state index contributed by atoms with van der Waals surface area (Å²) in [4.78, 5) is 15.2. The Morgan fingerprint density at radius 1 is 1.52 bits per heavy atom. The van der Waals surface area contributed by atoms with E-state index in [9.17, 15) is 13.6 Å². The largest absolute Gasteiger partial charge is 0.484 e. The van der Waals surface area contributed by atoms with Crippen molar-refractivity contribution in [1.82, 2.24) is 14.8 Å². The number of nitrogens with zero attached hydrogens (tertiary/aromatic N) is 3. The van der Waals surface area contributed by atoms with Gasteiger partial charge in [0.2, 0.25) is 0 Å². The number of carbonyl (C=O) groups is 1. The van der Waals surface area contributed by atoms with Crippen molar-refractivity contribution >= 4 is 17.6 Å². The van der Waals surface area contributed by atoms with E-state index in [-0.39, 0.29) is 28.8 Å². The van der Waals surface area contributed by atoms with E-state index in [2.05, 4.69) is 14.8 Å². The average Bonchev–Trinajstić information content (AvgIpc) is 2.94. The van der Waals surface area contributed by atoms with Crippen LogP contribution < -0.4 is 4.74 Å². The molecule has 0 radical (unpaired) electrons. The highest BCUT2D eigenvalue weighted by Crippen LogP contribution is 2.24. The number of esters is 1. The third-order valence-corrected chi connectivity index (χ3v) is 2.75. The molecule has 0 unspecified atom stereocenters. The molecule has 0 aromatic carbocycles. The summed E-state index contributed by atoms with van der Waals surface area (Å²) < 4.78 is 35.1. The summed E-state index contributed by atoms with van der Waals surface area (Å²) in [7, 11) is 1.23. The van der Waals surface area contributed by atoms with Gasteiger partial charge < -0.3 is 9.47 Å². The second-order valence-electron chi connectivity index (χ2n) is 3.86. The van der Waals surface area contributed by atoms with Crippen molar-refractivity contribution in [1.29, 1.82) is 0 Å². The lowest BCUT2D eigenvalue weighted by molar-refractivity contribution is 0.0556. The van der Waals surface area contributed by atoms with E-state index in [0.29, 0.717) is 4.68 Å². The number of alkyl halides is 2. The zero-order valence-electron chi connectivity index (χ0n) is 10.8. The molecule has 6 nitrogen and oxygen atoms in total. The molecule has 9 heteroatoms. The highest BCUT2D eigenvalue weighted by atomic mass is 35.5. The third-order valence-electron chi connectivity index (χ3n) is 2.47. The normalized spacial score (nSPS) is 10.7. The van der Waals surface area contributed by atoms with Crippen LogP contribution in [-0.2, 0) is 11.3 Å². The first-order chi connectivity index (χ1) is 10.0. The standard InChI is InChI=1S/C12H10ClF2N3O3/c1-20-11(19)7-4-9(10(13)16-5-7)21-6-8-2-3-18(17-8)12(14)15/h2-5,12H,6H2,1H3. The fraction of sp³-hybridized carbons (Fsp3) is 0.250. The highest BCUT2D eigenvalue weighted by molar-refractivity contribution is 6.30. The van der Waals surface area contributed by atoms with E-state index in [1.165, 1.54) is 25.4 Å². The molecule has 2 aromatic rings. The van der Waals surface area contributed by atoms with E-state index >= 15 is 0 Å². The van der Waals surface area contributed by atoms with Gasteiger partial charge in [-0.25, -0.2) is 14.5 Å². The van der Waals surface area contributed by atoms with Crippen LogP contribution in [0.15, 0.2) is 24.5 Å². The quantitative estimate of drug-likeness (QED) is 0.626. The Morgan fingerprint density at radius 3 is 2.90 bits per heavy atom. The van der Waals surface area contributed by atoms with Gasteiger partial charge in [-0.2, -0.15) is 13.9 Å². The van der Waals surface area contributed by atoms with Gasteiger partial charge in [-0.15, -0.1) is 0 Å². The molecule has 0 saturated carbocycles. The number of rotatable bonds is 5. The molecular formula is C12H10ClF2N3O3. The Bertz CT molecular complexity index is 648. The smallest absolute Gasteiger partial charge is 0.339 e. The van der Waals surface area contributed by atoms with Crippen LogP contribution in [0, 0.1) is 0 Å². The molecule has 21 heavy (non-hydrogen) atoms. The number of ether oxygens (including phenoxy) is 2. The summed E-state index contributed by atoms with van der Waals surface area (Å²) in [5.41, 5.74) is 0.449. The molecular weight excluding hydrogens is 308 g/mol. The van der Waals surface area contributed by atoms with Crippen molar-refractivity contribution in [2.75, 3.05) is 7.11 Å². The van der Waals surface area contributed by atoms with Gasteiger partial charge in [0, 0.05) is 12.4 Å². The second-order valence-corrected chi connectivity index (χ2v) is 4.22. The Hall–Kier alpha value is -2.22. The number of halogens is 3. The van der Waals surface area contributed by atoms with E-state index in [4.69, 9.17) is 16.3 Å². The SMILES string of the molecule is COC(=O)c1cnc(Cl)c(OCc2ccn(C(F)F)n2)c1. The minimum atomic E-state index is -2.72. The van der Waals surface area contributed by atoms with Crippen molar-refractivity contribution < 1.29 is 23.0 Å². The minimum Gasteiger partial charge on any atom is -0.484 e. The van der Waals surface area contributed by atoms with Crippen molar-refractivity contribution in [2.24, 2.45) is 0 Å². The van der Waals surface area contributed by atoms with Gasteiger partial charge in [0.05, 0.1) is 12.7 Å². The lowest BCUT2D eigenvalue weighted by atomic mass is 10.3. The van der Waals surface area contributed by atoms with Crippen LogP contribution in [0.2, 0.25) is 5.15 Å². The first-order valence-corrected chi connectivity index (χ1v) is 6.08. The topological polar surface area (TPSA) is 66.2 Å². The second kappa shape index (κ2) is 6.49. The summed E-state index contributed by atoms with van der Waals surface area (Å²) in [6.07, 6.45) is 2.38. The number of aromatic nitrogens is 3. The monoisotopic (exact) mass is 317 g/mol. The Kier molecular flexibility index (Phi) is 4.69. The van der Waals surface area contributed by atoms with Crippen LogP contribution in [0.5, 0.6) is 5.75 Å². The molecule has 0 aliphatic heterocycles. The predicted molar refractivity (Wildman–Crippen MR) is 68.4 cm³/mol. The van der Waals surface area contributed by atoms with Crippen LogP contribution in [0.4, 0.5) is 8.78 Å². The Morgan fingerprint density at radius 2 is 2.29 bits per heavy atom. The van der Waals surface area contributed by atoms with E-state index in [1.807, 2.05) is 0 Å². The summed E-state index contributed by atoms with van der Waals surface area (Å²) in [5.74, 6) is -0.461. The number of methoxy groups -OCH3 is 1. The maximum atomic E-state index is 12.4. The number of hydrogen-bond acceptors (Lipinski definition) is 5. The molecule has 0 fully saturated rings. The number of carbonyl (C=O) groups excluding carboxylic acids is 1. The molecule has 0 saturated heterocycles. The van der Waals surface area contributed by atoms with E-state index in [1.54, 1.807) is 0 Å². The maximum Gasteiger partial charge on any atom is 0.339 e. The van der Waals surface area contributed by atoms with Gasteiger partial charge in [-0.3, -0.25) is 0 Å². The molecule has 2 aromatic heterocycles. The van der Waals surface area contributed by atoms with Crippen LogP contribution in [0.1, 0.15) is 22.6 Å². The Labute approximate surface area is 123 Å². The van der Waals surface area contributed by atoms with E-state index in [0.717, 1.165) is 6.20 Å². The zero-order valence-corrected chi connectivity index (χ0v) is 11.6. The van der Waals surface area contributed by atoms with Crippen molar-refractivity contribution in [3.8, 4) is 5.75 Å². The molecule has 0 spiro atoms. The average molecular weight is 318 g/mol. The van der Waals surface area contributed by atoms with Crippen LogP contribution in [0.25, 0.3) is 0 Å². The number of hydrogen-bond donors (Lipinski definition) is 0. The molecule has 0 N–H and O–H groups in total. The summed E-state index contributed by atoms with van der Waals surface area (Å²) in [6, 6.07) is 2.74. The minimum absolute atomic E-state index is 0.0379. The van der Waals surface area contributed by atoms with Crippen LogP contribution >= 0.6 is 11.6 Å². The van der Waals surface area contributed by atoms with Crippen LogP contribution in [-0.4, -0.2) is 27.8 Å². The lowest BCUT2D eigenvalue weighted by Crippen LogP contribution is -2.05. The van der Waals surface area contributed by atoms with Crippen molar-refractivity contribution in [3.63, 3.8) is 0 Å². The van der Waals surface area contributed by atoms with Crippen molar-refractivity contribution in [3.05, 3.63) is 40.9 Å².